The minimum Gasteiger partial charge on any atom is -0.369 e. The van der Waals surface area contributed by atoms with Gasteiger partial charge in [0.25, 0.3) is 0 Å². The van der Waals surface area contributed by atoms with E-state index in [1.54, 1.807) is 0 Å². The molecule has 2 bridgehead atoms. The summed E-state index contributed by atoms with van der Waals surface area (Å²) in [5.74, 6) is 0. The summed E-state index contributed by atoms with van der Waals surface area (Å²) in [6.07, 6.45) is 7.66. The molecule has 1 aliphatic carbocycles. The standard InChI is InChI=1S/C12H18O3/c1-2-7-3-4-10-12(15-7)5-8(13-10)11-9(6-12)14-11/h7-11H,2-6H2,1H3/t7-,8+,9?,10-,11?,12+/m0/s1. The molecular weight excluding hydrogens is 192 g/mol. The lowest BCUT2D eigenvalue weighted by molar-refractivity contribution is -0.169. The molecule has 4 fully saturated rings. The average molecular weight is 210 g/mol. The van der Waals surface area contributed by atoms with Crippen LogP contribution in [0.2, 0.25) is 0 Å². The van der Waals surface area contributed by atoms with Gasteiger partial charge in [-0.2, -0.15) is 0 Å². The first-order valence-corrected chi connectivity index (χ1v) is 6.29. The van der Waals surface area contributed by atoms with Crippen LogP contribution in [0.5, 0.6) is 0 Å². The van der Waals surface area contributed by atoms with Gasteiger partial charge in [0, 0.05) is 12.8 Å². The van der Waals surface area contributed by atoms with Gasteiger partial charge in [0.15, 0.2) is 0 Å². The van der Waals surface area contributed by atoms with Crippen LogP contribution < -0.4 is 0 Å². The summed E-state index contributed by atoms with van der Waals surface area (Å²) in [5, 5.41) is 0. The van der Waals surface area contributed by atoms with Crippen LogP contribution in [0.1, 0.15) is 39.0 Å². The summed E-state index contributed by atoms with van der Waals surface area (Å²) in [6, 6.07) is 0. The lowest BCUT2D eigenvalue weighted by Gasteiger charge is -2.42. The fourth-order valence-electron chi connectivity index (χ4n) is 3.77. The predicted octanol–water partition coefficient (Wildman–Crippen LogP) is 1.64. The zero-order valence-corrected chi connectivity index (χ0v) is 9.15. The molecule has 0 aromatic heterocycles. The van der Waals surface area contributed by atoms with Gasteiger partial charge in [0.05, 0.1) is 30.0 Å². The van der Waals surface area contributed by atoms with Gasteiger partial charge < -0.3 is 14.2 Å². The Bertz CT molecular complexity index is 289. The summed E-state index contributed by atoms with van der Waals surface area (Å²) in [6.45, 7) is 2.22. The molecule has 3 heterocycles. The molecule has 2 unspecified atom stereocenters. The van der Waals surface area contributed by atoms with Crippen molar-refractivity contribution in [2.24, 2.45) is 0 Å². The Balaban J connectivity index is 1.63. The van der Waals surface area contributed by atoms with E-state index in [0.29, 0.717) is 30.5 Å². The zero-order valence-electron chi connectivity index (χ0n) is 9.15. The van der Waals surface area contributed by atoms with Crippen molar-refractivity contribution >= 4 is 0 Å². The zero-order chi connectivity index (χ0) is 10.0. The van der Waals surface area contributed by atoms with Gasteiger partial charge in [0.1, 0.15) is 6.10 Å². The van der Waals surface area contributed by atoms with Crippen LogP contribution >= 0.6 is 0 Å². The number of epoxide rings is 1. The van der Waals surface area contributed by atoms with Gasteiger partial charge in [-0.1, -0.05) is 6.92 Å². The van der Waals surface area contributed by atoms with Crippen molar-refractivity contribution in [3.05, 3.63) is 0 Å². The Morgan fingerprint density at radius 1 is 1.13 bits per heavy atom. The summed E-state index contributed by atoms with van der Waals surface area (Å²) >= 11 is 0. The fraction of sp³-hybridized carbons (Fsp3) is 1.00. The highest BCUT2D eigenvalue weighted by atomic mass is 16.6. The van der Waals surface area contributed by atoms with E-state index in [1.165, 1.54) is 12.8 Å². The molecule has 4 aliphatic rings. The van der Waals surface area contributed by atoms with Crippen molar-refractivity contribution in [2.45, 2.75) is 75.1 Å². The molecule has 0 amide bonds. The second kappa shape index (κ2) is 2.76. The molecule has 6 atom stereocenters. The smallest absolute Gasteiger partial charge is 0.110 e. The second-order valence-electron chi connectivity index (χ2n) is 5.50. The molecular formula is C12H18O3. The molecule has 3 saturated heterocycles. The van der Waals surface area contributed by atoms with E-state index in [2.05, 4.69) is 6.92 Å². The van der Waals surface area contributed by atoms with Crippen molar-refractivity contribution in [2.75, 3.05) is 0 Å². The normalized spacial score (nSPS) is 61.0. The third kappa shape index (κ3) is 1.12. The SMILES string of the molecule is CC[C@H]1CC[C@@H]2O[C@@H]3C[C@]2(CC2OC23)O1. The largest absolute Gasteiger partial charge is 0.369 e. The van der Waals surface area contributed by atoms with Crippen molar-refractivity contribution in [3.8, 4) is 0 Å². The molecule has 0 N–H and O–H groups in total. The van der Waals surface area contributed by atoms with Crippen LogP contribution in [0, 0.1) is 0 Å². The molecule has 4 rings (SSSR count). The van der Waals surface area contributed by atoms with E-state index in [9.17, 15) is 0 Å². The Morgan fingerprint density at radius 3 is 2.73 bits per heavy atom. The molecule has 1 spiro atoms. The van der Waals surface area contributed by atoms with Crippen molar-refractivity contribution < 1.29 is 14.2 Å². The molecule has 0 radical (unpaired) electrons. The van der Waals surface area contributed by atoms with Crippen LogP contribution in [0.4, 0.5) is 0 Å². The van der Waals surface area contributed by atoms with E-state index in [0.717, 1.165) is 19.3 Å². The lowest BCUT2D eigenvalue weighted by Crippen LogP contribution is -2.50. The topological polar surface area (TPSA) is 31.0 Å². The molecule has 3 heteroatoms. The third-order valence-corrected chi connectivity index (χ3v) is 4.61. The molecule has 0 aromatic rings. The molecule has 3 nitrogen and oxygen atoms in total. The highest BCUT2D eigenvalue weighted by Crippen LogP contribution is 2.55. The van der Waals surface area contributed by atoms with Gasteiger partial charge in [-0.05, 0) is 19.3 Å². The van der Waals surface area contributed by atoms with Gasteiger partial charge in [0.2, 0.25) is 0 Å². The fourth-order valence-corrected chi connectivity index (χ4v) is 3.77. The van der Waals surface area contributed by atoms with E-state index in [-0.39, 0.29) is 5.60 Å². The molecule has 1 saturated carbocycles. The average Bonchev–Trinajstić information content (AvgIpc) is 2.92. The van der Waals surface area contributed by atoms with E-state index >= 15 is 0 Å². The minimum absolute atomic E-state index is 0.0290. The number of fused-ring (bicyclic) bond motifs is 3. The van der Waals surface area contributed by atoms with E-state index < -0.39 is 0 Å². The number of ether oxygens (including phenoxy) is 3. The Hall–Kier alpha value is -0.120. The van der Waals surface area contributed by atoms with Crippen LogP contribution in [0.3, 0.4) is 0 Å². The van der Waals surface area contributed by atoms with Gasteiger partial charge >= 0.3 is 0 Å². The predicted molar refractivity (Wildman–Crippen MR) is 53.7 cm³/mol. The van der Waals surface area contributed by atoms with Crippen LogP contribution in [-0.2, 0) is 14.2 Å². The van der Waals surface area contributed by atoms with Gasteiger partial charge in [-0.15, -0.1) is 0 Å². The summed E-state index contributed by atoms with van der Waals surface area (Å²) in [5.41, 5.74) is 0.0290. The summed E-state index contributed by atoms with van der Waals surface area (Å²) in [4.78, 5) is 0. The van der Waals surface area contributed by atoms with Gasteiger partial charge in [-0.25, -0.2) is 0 Å². The Kier molecular flexibility index (Phi) is 1.65. The van der Waals surface area contributed by atoms with Crippen LogP contribution in [0.15, 0.2) is 0 Å². The maximum absolute atomic E-state index is 6.31. The van der Waals surface area contributed by atoms with Crippen molar-refractivity contribution in [1.29, 1.82) is 0 Å². The number of hydrogen-bond acceptors (Lipinski definition) is 3. The maximum atomic E-state index is 6.31. The first kappa shape index (κ1) is 8.97. The second-order valence-corrected chi connectivity index (χ2v) is 5.50. The lowest BCUT2D eigenvalue weighted by atomic mass is 9.78. The Labute approximate surface area is 90.1 Å². The van der Waals surface area contributed by atoms with Crippen molar-refractivity contribution in [1.82, 2.24) is 0 Å². The first-order chi connectivity index (χ1) is 7.31. The van der Waals surface area contributed by atoms with Crippen LogP contribution in [0.25, 0.3) is 0 Å². The highest BCUT2D eigenvalue weighted by molar-refractivity contribution is 5.14. The third-order valence-electron chi connectivity index (χ3n) is 4.61. The summed E-state index contributed by atoms with van der Waals surface area (Å²) < 4.78 is 18.0. The van der Waals surface area contributed by atoms with Gasteiger partial charge in [-0.3, -0.25) is 0 Å². The quantitative estimate of drug-likeness (QED) is 0.616. The molecule has 15 heavy (non-hydrogen) atoms. The monoisotopic (exact) mass is 210 g/mol. The first-order valence-electron chi connectivity index (χ1n) is 6.29. The highest BCUT2D eigenvalue weighted by Gasteiger charge is 2.66. The van der Waals surface area contributed by atoms with E-state index in [1.807, 2.05) is 0 Å². The number of rotatable bonds is 1. The minimum atomic E-state index is 0.0290. The molecule has 84 valence electrons. The summed E-state index contributed by atoms with van der Waals surface area (Å²) in [7, 11) is 0. The van der Waals surface area contributed by atoms with E-state index in [4.69, 9.17) is 14.2 Å². The maximum Gasteiger partial charge on any atom is 0.110 e. The van der Waals surface area contributed by atoms with Crippen LogP contribution in [-0.4, -0.2) is 36.1 Å². The van der Waals surface area contributed by atoms with Crippen molar-refractivity contribution in [3.63, 3.8) is 0 Å². The molecule has 0 aromatic carbocycles. The Morgan fingerprint density at radius 2 is 1.93 bits per heavy atom. The number of hydrogen-bond donors (Lipinski definition) is 0. The molecule has 3 aliphatic heterocycles.